The summed E-state index contributed by atoms with van der Waals surface area (Å²) in [5, 5.41) is 8.15. The summed E-state index contributed by atoms with van der Waals surface area (Å²) < 4.78 is 9.26. The molecule has 154 valence electrons. The molecule has 8 nitrogen and oxygen atoms in total. The molecule has 2 unspecified atom stereocenters. The number of hydrogen-bond acceptors (Lipinski definition) is 5. The summed E-state index contributed by atoms with van der Waals surface area (Å²) in [6.45, 7) is 0.900. The van der Waals surface area contributed by atoms with E-state index in [9.17, 15) is 4.79 Å². The lowest BCUT2D eigenvalue weighted by atomic mass is 10.1. The topological polar surface area (TPSA) is 76.7 Å². The highest BCUT2D eigenvalue weighted by atomic mass is 16.5. The highest BCUT2D eigenvalue weighted by Gasteiger charge is 2.32. The molecule has 1 N–H and O–H groups in total. The van der Waals surface area contributed by atoms with Crippen LogP contribution in [0.5, 0.6) is 0 Å². The maximum atomic E-state index is 12.7. The maximum absolute atomic E-state index is 12.7. The predicted molar refractivity (Wildman–Crippen MR) is 115 cm³/mol. The zero-order chi connectivity index (χ0) is 20.8. The van der Waals surface area contributed by atoms with Gasteiger partial charge in [0.25, 0.3) is 5.91 Å². The van der Waals surface area contributed by atoms with Crippen molar-refractivity contribution in [1.29, 1.82) is 0 Å². The first-order valence-electron chi connectivity index (χ1n) is 9.96. The molecule has 1 aliphatic rings. The summed E-state index contributed by atoms with van der Waals surface area (Å²) in [6.07, 6.45) is 6.86. The summed E-state index contributed by atoms with van der Waals surface area (Å²) in [4.78, 5) is 19.8. The summed E-state index contributed by atoms with van der Waals surface area (Å²) >= 11 is 0. The first kappa shape index (κ1) is 18.8. The van der Waals surface area contributed by atoms with E-state index < -0.39 is 0 Å². The number of amides is 1. The van der Waals surface area contributed by atoms with Crippen LogP contribution in [0.25, 0.3) is 16.6 Å². The van der Waals surface area contributed by atoms with Crippen LogP contribution in [0.2, 0.25) is 0 Å². The lowest BCUT2D eigenvalue weighted by molar-refractivity contribution is 0.102. The normalized spacial score (nSPS) is 19.7. The van der Waals surface area contributed by atoms with Gasteiger partial charge in [0, 0.05) is 44.0 Å². The van der Waals surface area contributed by atoms with Gasteiger partial charge in [0.1, 0.15) is 5.65 Å². The van der Waals surface area contributed by atoms with Crippen molar-refractivity contribution < 1.29 is 9.53 Å². The minimum Gasteiger partial charge on any atom is -0.380 e. The number of fused-ring (bicyclic) bond motifs is 2. The van der Waals surface area contributed by atoms with Gasteiger partial charge >= 0.3 is 0 Å². The molecule has 1 saturated heterocycles. The van der Waals surface area contributed by atoms with E-state index in [0.29, 0.717) is 5.56 Å². The third kappa shape index (κ3) is 3.24. The molecule has 0 aliphatic carbocycles. The minimum atomic E-state index is -0.154. The van der Waals surface area contributed by atoms with Crippen LogP contribution in [-0.4, -0.2) is 56.8 Å². The highest BCUT2D eigenvalue weighted by molar-refractivity contribution is 6.06. The number of pyridine rings is 1. The Balaban J connectivity index is 1.37. The van der Waals surface area contributed by atoms with E-state index in [1.807, 2.05) is 54.2 Å². The number of anilines is 1. The van der Waals surface area contributed by atoms with Gasteiger partial charge in [0.05, 0.1) is 35.2 Å². The second kappa shape index (κ2) is 7.23. The number of rotatable bonds is 4. The molecule has 3 aromatic heterocycles. The molecular weight excluding hydrogens is 380 g/mol. The van der Waals surface area contributed by atoms with Crippen molar-refractivity contribution in [3.63, 3.8) is 0 Å². The molecule has 1 fully saturated rings. The van der Waals surface area contributed by atoms with Crippen molar-refractivity contribution in [2.24, 2.45) is 7.05 Å². The van der Waals surface area contributed by atoms with Gasteiger partial charge in [-0.3, -0.25) is 14.4 Å². The lowest BCUT2D eigenvalue weighted by Gasteiger charge is -2.15. The molecule has 4 heterocycles. The number of aromatic nitrogens is 4. The first-order valence-corrected chi connectivity index (χ1v) is 9.96. The molecule has 30 heavy (non-hydrogen) atoms. The number of methoxy groups -OCH3 is 1. The Morgan fingerprint density at radius 3 is 2.87 bits per heavy atom. The highest BCUT2D eigenvalue weighted by Crippen LogP contribution is 2.31. The summed E-state index contributed by atoms with van der Waals surface area (Å²) in [7, 11) is 5.74. The maximum Gasteiger partial charge on any atom is 0.255 e. The van der Waals surface area contributed by atoms with Gasteiger partial charge in [-0.05, 0) is 43.8 Å². The average Bonchev–Trinajstić information content (AvgIpc) is 3.43. The number of imidazole rings is 1. The van der Waals surface area contributed by atoms with Gasteiger partial charge in [-0.15, -0.1) is 0 Å². The molecule has 0 radical (unpaired) electrons. The van der Waals surface area contributed by atoms with Crippen molar-refractivity contribution in [2.75, 3.05) is 26.0 Å². The largest absolute Gasteiger partial charge is 0.380 e. The Hall–Kier alpha value is -3.23. The van der Waals surface area contributed by atoms with E-state index in [0.717, 1.165) is 40.9 Å². The van der Waals surface area contributed by atoms with E-state index in [4.69, 9.17) is 9.72 Å². The zero-order valence-corrected chi connectivity index (χ0v) is 17.2. The number of nitrogens with one attached hydrogen (secondary N) is 1. The number of ether oxygens (including phenoxy) is 1. The zero-order valence-electron chi connectivity index (χ0n) is 17.2. The fraction of sp³-hybridized carbons (Fsp3) is 0.318. The number of carbonyl (C=O) groups is 1. The van der Waals surface area contributed by atoms with Crippen molar-refractivity contribution >= 4 is 28.1 Å². The summed E-state index contributed by atoms with van der Waals surface area (Å²) in [5.41, 5.74) is 4.18. The van der Waals surface area contributed by atoms with Crippen LogP contribution >= 0.6 is 0 Å². The molecule has 1 aromatic carbocycles. The molecule has 4 aromatic rings. The standard InChI is InChI=1S/C22H24N6O2/c1-26-12-17(30-3)9-20(26)18-13-28-11-16(5-7-21(28)25-18)24-22(29)14-4-6-19-15(8-14)10-23-27(19)2/h4-8,10-11,13,17,20H,9,12H2,1-3H3,(H,24,29). The van der Waals surface area contributed by atoms with Crippen LogP contribution in [0.3, 0.4) is 0 Å². The third-order valence-electron chi connectivity index (χ3n) is 5.92. The number of benzene rings is 1. The number of aryl methyl sites for hydroxylation is 1. The minimum absolute atomic E-state index is 0.154. The van der Waals surface area contributed by atoms with E-state index >= 15 is 0 Å². The van der Waals surface area contributed by atoms with Gasteiger partial charge in [-0.2, -0.15) is 5.10 Å². The predicted octanol–water partition coefficient (Wildman–Crippen LogP) is 2.86. The lowest BCUT2D eigenvalue weighted by Crippen LogP contribution is -2.20. The quantitative estimate of drug-likeness (QED) is 0.566. The second-order valence-electron chi connectivity index (χ2n) is 7.89. The van der Waals surface area contributed by atoms with Crippen molar-refractivity contribution in [1.82, 2.24) is 24.1 Å². The van der Waals surface area contributed by atoms with E-state index in [1.54, 1.807) is 18.0 Å². The molecule has 0 saturated carbocycles. The molecule has 1 amide bonds. The van der Waals surface area contributed by atoms with Gasteiger partial charge in [-0.1, -0.05) is 0 Å². The monoisotopic (exact) mass is 404 g/mol. The third-order valence-corrected chi connectivity index (χ3v) is 5.92. The molecule has 0 spiro atoms. The number of likely N-dealkylation sites (N-methyl/N-ethyl adjacent to an activating group) is 1. The number of hydrogen-bond donors (Lipinski definition) is 1. The summed E-state index contributed by atoms with van der Waals surface area (Å²) in [5.74, 6) is -0.154. The Morgan fingerprint density at radius 2 is 2.07 bits per heavy atom. The van der Waals surface area contributed by atoms with Crippen LogP contribution in [-0.2, 0) is 11.8 Å². The van der Waals surface area contributed by atoms with Crippen LogP contribution in [0, 0.1) is 0 Å². The summed E-state index contributed by atoms with van der Waals surface area (Å²) in [6, 6.07) is 9.62. The number of nitrogens with zero attached hydrogens (tertiary/aromatic N) is 5. The van der Waals surface area contributed by atoms with Crippen LogP contribution in [0.1, 0.15) is 28.5 Å². The van der Waals surface area contributed by atoms with Crippen molar-refractivity contribution in [3.8, 4) is 0 Å². The van der Waals surface area contributed by atoms with Gasteiger partial charge in [0.2, 0.25) is 0 Å². The first-order chi connectivity index (χ1) is 14.5. The molecule has 1 aliphatic heterocycles. The van der Waals surface area contributed by atoms with Crippen LogP contribution in [0.15, 0.2) is 48.9 Å². The molecule has 0 bridgehead atoms. The Labute approximate surface area is 174 Å². The smallest absolute Gasteiger partial charge is 0.255 e. The number of carbonyl (C=O) groups excluding carboxylic acids is 1. The van der Waals surface area contributed by atoms with Gasteiger partial charge < -0.3 is 14.5 Å². The fourth-order valence-corrected chi connectivity index (χ4v) is 4.22. The molecule has 5 rings (SSSR count). The average molecular weight is 404 g/mol. The van der Waals surface area contributed by atoms with Gasteiger partial charge in [-0.25, -0.2) is 4.98 Å². The van der Waals surface area contributed by atoms with E-state index in [2.05, 4.69) is 22.4 Å². The second-order valence-corrected chi connectivity index (χ2v) is 7.89. The Bertz CT molecular complexity index is 1240. The molecule has 8 heteroatoms. The van der Waals surface area contributed by atoms with Crippen LogP contribution in [0.4, 0.5) is 5.69 Å². The van der Waals surface area contributed by atoms with E-state index in [1.165, 1.54) is 0 Å². The Morgan fingerprint density at radius 1 is 1.20 bits per heavy atom. The molecular formula is C22H24N6O2. The van der Waals surface area contributed by atoms with Gasteiger partial charge in [0.15, 0.2) is 0 Å². The van der Waals surface area contributed by atoms with Crippen LogP contribution < -0.4 is 5.32 Å². The van der Waals surface area contributed by atoms with Crippen molar-refractivity contribution in [3.05, 3.63) is 60.2 Å². The SMILES string of the molecule is COC1CC(c2cn3cc(NC(=O)c4ccc5c(cnn5C)c4)ccc3n2)N(C)C1. The van der Waals surface area contributed by atoms with E-state index in [-0.39, 0.29) is 18.1 Å². The van der Waals surface area contributed by atoms with Crippen molar-refractivity contribution in [2.45, 2.75) is 18.6 Å². The molecule has 2 atom stereocenters. The number of likely N-dealkylation sites (tertiary alicyclic amines) is 1. The fourth-order valence-electron chi connectivity index (χ4n) is 4.22. The Kier molecular flexibility index (Phi) is 4.52.